The van der Waals surface area contributed by atoms with E-state index in [9.17, 15) is 4.79 Å². The van der Waals surface area contributed by atoms with Gasteiger partial charge in [-0.05, 0) is 30.3 Å². The van der Waals surface area contributed by atoms with E-state index in [1.54, 1.807) is 42.3 Å². The number of ether oxygens (including phenoxy) is 3. The number of rotatable bonds is 5. The van der Waals surface area contributed by atoms with Crippen LogP contribution in [0.4, 0.5) is 0 Å². The molecule has 120 valence electrons. The predicted octanol–water partition coefficient (Wildman–Crippen LogP) is 3.22. The van der Waals surface area contributed by atoms with Crippen molar-refractivity contribution in [3.05, 3.63) is 53.1 Å². The third kappa shape index (κ3) is 3.51. The average Bonchev–Trinajstić information content (AvgIpc) is 3.03. The molecule has 0 aliphatic carbocycles. The van der Waals surface area contributed by atoms with Crippen LogP contribution in [0.1, 0.15) is 10.4 Å². The van der Waals surface area contributed by atoms with Crippen LogP contribution in [-0.4, -0.2) is 37.8 Å². The van der Waals surface area contributed by atoms with E-state index in [1.165, 1.54) is 0 Å². The molecule has 6 heteroatoms. The van der Waals surface area contributed by atoms with E-state index in [0.29, 0.717) is 41.0 Å². The summed E-state index contributed by atoms with van der Waals surface area (Å²) >= 11 is 6.02. The van der Waals surface area contributed by atoms with Gasteiger partial charge in [0.25, 0.3) is 5.91 Å². The van der Waals surface area contributed by atoms with E-state index in [1.807, 2.05) is 12.1 Å². The molecular weight excluding hydrogens is 318 g/mol. The Hall–Kier alpha value is -2.40. The van der Waals surface area contributed by atoms with Gasteiger partial charge in [-0.15, -0.1) is 0 Å². The number of para-hydroxylation sites is 1. The molecule has 0 N–H and O–H groups in total. The third-order valence-corrected chi connectivity index (χ3v) is 3.80. The summed E-state index contributed by atoms with van der Waals surface area (Å²) in [5.74, 6) is 1.76. The smallest absolute Gasteiger partial charge is 0.253 e. The standard InChI is InChI=1S/C17H16ClNO4/c1-19(8-9-21-14-5-3-2-4-13(14)18)17(20)12-6-7-15-16(10-12)23-11-22-15/h2-7,10H,8-9,11H2,1H3. The highest BCUT2D eigenvalue weighted by Crippen LogP contribution is 2.32. The fourth-order valence-electron chi connectivity index (χ4n) is 2.21. The molecule has 3 rings (SSSR count). The summed E-state index contributed by atoms with van der Waals surface area (Å²) in [7, 11) is 1.73. The van der Waals surface area contributed by atoms with Crippen molar-refractivity contribution in [2.45, 2.75) is 0 Å². The Bertz CT molecular complexity index is 719. The molecule has 0 bridgehead atoms. The van der Waals surface area contributed by atoms with Crippen LogP contribution in [0, 0.1) is 0 Å². The van der Waals surface area contributed by atoms with Crippen molar-refractivity contribution in [1.29, 1.82) is 0 Å². The van der Waals surface area contributed by atoms with Gasteiger partial charge >= 0.3 is 0 Å². The maximum Gasteiger partial charge on any atom is 0.253 e. The van der Waals surface area contributed by atoms with Gasteiger partial charge in [0.05, 0.1) is 11.6 Å². The molecule has 0 aromatic heterocycles. The number of halogens is 1. The Morgan fingerprint density at radius 3 is 2.83 bits per heavy atom. The van der Waals surface area contributed by atoms with Gasteiger partial charge in [0, 0.05) is 12.6 Å². The molecule has 23 heavy (non-hydrogen) atoms. The van der Waals surface area contributed by atoms with E-state index in [4.69, 9.17) is 25.8 Å². The SMILES string of the molecule is CN(CCOc1ccccc1Cl)C(=O)c1ccc2c(c1)OCO2. The molecule has 2 aromatic rings. The second-order valence-corrected chi connectivity index (χ2v) is 5.48. The zero-order valence-electron chi connectivity index (χ0n) is 12.6. The topological polar surface area (TPSA) is 48.0 Å². The maximum absolute atomic E-state index is 12.4. The second-order valence-electron chi connectivity index (χ2n) is 5.07. The second kappa shape index (κ2) is 6.79. The zero-order valence-corrected chi connectivity index (χ0v) is 13.4. The quantitative estimate of drug-likeness (QED) is 0.843. The van der Waals surface area contributed by atoms with Crippen molar-refractivity contribution in [3.63, 3.8) is 0 Å². The molecule has 5 nitrogen and oxygen atoms in total. The highest BCUT2D eigenvalue weighted by molar-refractivity contribution is 6.32. The van der Waals surface area contributed by atoms with Crippen molar-refractivity contribution in [2.24, 2.45) is 0 Å². The number of hydrogen-bond acceptors (Lipinski definition) is 4. The first-order chi connectivity index (χ1) is 11.1. The number of likely N-dealkylation sites (N-methyl/N-ethyl adjacent to an activating group) is 1. The summed E-state index contributed by atoms with van der Waals surface area (Å²) in [4.78, 5) is 14.0. The Labute approximate surface area is 139 Å². The Balaban J connectivity index is 1.56. The minimum atomic E-state index is -0.106. The van der Waals surface area contributed by atoms with Gasteiger partial charge in [-0.25, -0.2) is 0 Å². The normalized spacial score (nSPS) is 12.1. The maximum atomic E-state index is 12.4. The van der Waals surface area contributed by atoms with Crippen LogP contribution in [0.3, 0.4) is 0 Å². The van der Waals surface area contributed by atoms with Crippen molar-refractivity contribution in [2.75, 3.05) is 27.0 Å². The minimum Gasteiger partial charge on any atom is -0.490 e. The first kappa shape index (κ1) is 15.5. The van der Waals surface area contributed by atoms with E-state index in [-0.39, 0.29) is 12.7 Å². The predicted molar refractivity (Wildman–Crippen MR) is 86.5 cm³/mol. The van der Waals surface area contributed by atoms with Crippen LogP contribution in [0.25, 0.3) is 0 Å². The van der Waals surface area contributed by atoms with Gasteiger partial charge in [-0.2, -0.15) is 0 Å². The first-order valence-corrected chi connectivity index (χ1v) is 7.55. The summed E-state index contributed by atoms with van der Waals surface area (Å²) in [5.41, 5.74) is 0.550. The fourth-order valence-corrected chi connectivity index (χ4v) is 2.40. The van der Waals surface area contributed by atoms with Crippen molar-refractivity contribution >= 4 is 17.5 Å². The molecule has 2 aromatic carbocycles. The minimum absolute atomic E-state index is 0.106. The van der Waals surface area contributed by atoms with E-state index >= 15 is 0 Å². The van der Waals surface area contributed by atoms with Gasteiger partial charge in [0.1, 0.15) is 12.4 Å². The monoisotopic (exact) mass is 333 g/mol. The van der Waals surface area contributed by atoms with Crippen LogP contribution in [0.15, 0.2) is 42.5 Å². The van der Waals surface area contributed by atoms with Crippen LogP contribution < -0.4 is 14.2 Å². The lowest BCUT2D eigenvalue weighted by Crippen LogP contribution is -2.30. The lowest BCUT2D eigenvalue weighted by Gasteiger charge is -2.18. The molecule has 0 saturated heterocycles. The number of hydrogen-bond donors (Lipinski definition) is 0. The molecule has 1 aliphatic rings. The lowest BCUT2D eigenvalue weighted by atomic mass is 10.2. The van der Waals surface area contributed by atoms with E-state index in [0.717, 1.165) is 0 Å². The first-order valence-electron chi connectivity index (χ1n) is 7.17. The summed E-state index contributed by atoms with van der Waals surface area (Å²) in [5, 5.41) is 0.553. The van der Waals surface area contributed by atoms with Gasteiger partial charge < -0.3 is 19.1 Å². The fraction of sp³-hybridized carbons (Fsp3) is 0.235. The number of fused-ring (bicyclic) bond motifs is 1. The molecular formula is C17H16ClNO4. The van der Waals surface area contributed by atoms with Crippen molar-refractivity contribution < 1.29 is 19.0 Å². The summed E-state index contributed by atoms with van der Waals surface area (Å²) < 4.78 is 16.1. The van der Waals surface area contributed by atoms with Crippen LogP contribution in [-0.2, 0) is 0 Å². The molecule has 1 heterocycles. The zero-order chi connectivity index (χ0) is 16.2. The molecule has 1 amide bonds. The highest BCUT2D eigenvalue weighted by atomic mass is 35.5. The summed E-state index contributed by atoms with van der Waals surface area (Å²) in [6.45, 7) is 0.990. The van der Waals surface area contributed by atoms with Gasteiger partial charge in [-0.3, -0.25) is 4.79 Å². The molecule has 0 radical (unpaired) electrons. The number of carbonyl (C=O) groups excluding carboxylic acids is 1. The van der Waals surface area contributed by atoms with Crippen LogP contribution in [0.2, 0.25) is 5.02 Å². The molecule has 0 unspecified atom stereocenters. The van der Waals surface area contributed by atoms with Crippen LogP contribution in [0.5, 0.6) is 17.2 Å². The number of nitrogens with zero attached hydrogens (tertiary/aromatic N) is 1. The van der Waals surface area contributed by atoms with E-state index in [2.05, 4.69) is 0 Å². The van der Waals surface area contributed by atoms with Gasteiger partial charge in [0.15, 0.2) is 11.5 Å². The number of carbonyl (C=O) groups is 1. The number of benzene rings is 2. The number of amides is 1. The van der Waals surface area contributed by atoms with Crippen molar-refractivity contribution in [1.82, 2.24) is 4.90 Å². The van der Waals surface area contributed by atoms with Gasteiger partial charge in [-0.1, -0.05) is 23.7 Å². The average molecular weight is 334 g/mol. The Morgan fingerprint density at radius 1 is 1.22 bits per heavy atom. The summed E-state index contributed by atoms with van der Waals surface area (Å²) in [6.07, 6.45) is 0. The molecule has 0 spiro atoms. The van der Waals surface area contributed by atoms with E-state index < -0.39 is 0 Å². The molecule has 1 aliphatic heterocycles. The summed E-state index contributed by atoms with van der Waals surface area (Å²) in [6, 6.07) is 12.4. The third-order valence-electron chi connectivity index (χ3n) is 3.49. The molecule has 0 saturated carbocycles. The van der Waals surface area contributed by atoms with Crippen LogP contribution >= 0.6 is 11.6 Å². The molecule has 0 fully saturated rings. The Morgan fingerprint density at radius 2 is 2.00 bits per heavy atom. The highest BCUT2D eigenvalue weighted by Gasteiger charge is 2.18. The lowest BCUT2D eigenvalue weighted by molar-refractivity contribution is 0.0773. The van der Waals surface area contributed by atoms with Gasteiger partial charge in [0.2, 0.25) is 6.79 Å². The Kier molecular flexibility index (Phi) is 4.57. The van der Waals surface area contributed by atoms with Crippen molar-refractivity contribution in [3.8, 4) is 17.2 Å². The largest absolute Gasteiger partial charge is 0.490 e. The molecule has 0 atom stereocenters.